The predicted octanol–water partition coefficient (Wildman–Crippen LogP) is 2.97. The lowest BCUT2D eigenvalue weighted by molar-refractivity contribution is -0.140. The van der Waals surface area contributed by atoms with Crippen LogP contribution in [0.25, 0.3) is 0 Å². The highest BCUT2D eigenvalue weighted by Gasteiger charge is 2.33. The molecule has 1 N–H and O–H groups in total. The molecule has 1 saturated carbocycles. The first-order chi connectivity index (χ1) is 8.70. The van der Waals surface area contributed by atoms with Gasteiger partial charge in [-0.2, -0.15) is 0 Å². The van der Waals surface area contributed by atoms with Crippen LogP contribution in [0.5, 0.6) is 0 Å². The number of ketones is 2. The van der Waals surface area contributed by atoms with E-state index in [1.165, 1.54) is 6.21 Å². The molecule has 0 aromatic heterocycles. The lowest BCUT2D eigenvalue weighted by atomic mass is 9.76. The molecule has 18 heavy (non-hydrogen) atoms. The third-order valence-electron chi connectivity index (χ3n) is 3.70. The number of Topliss-reactive ketones (excluding diaryl/α,β-unsaturated/α-hetero) is 2. The molecule has 0 amide bonds. The van der Waals surface area contributed by atoms with E-state index in [0.29, 0.717) is 6.42 Å². The topological polar surface area (TPSA) is 66.7 Å². The third-order valence-corrected chi connectivity index (χ3v) is 3.70. The summed E-state index contributed by atoms with van der Waals surface area (Å²) in [7, 11) is 0. The van der Waals surface area contributed by atoms with E-state index in [4.69, 9.17) is 5.21 Å². The van der Waals surface area contributed by atoms with Crippen LogP contribution in [-0.2, 0) is 9.59 Å². The molecule has 0 aromatic rings. The van der Waals surface area contributed by atoms with Crippen molar-refractivity contribution in [3.8, 4) is 0 Å². The van der Waals surface area contributed by atoms with Gasteiger partial charge in [-0.15, -0.1) is 5.16 Å². The van der Waals surface area contributed by atoms with E-state index in [2.05, 4.69) is 12.1 Å². The fourth-order valence-corrected chi connectivity index (χ4v) is 2.61. The minimum Gasteiger partial charge on any atom is -0.411 e. The van der Waals surface area contributed by atoms with Gasteiger partial charge < -0.3 is 5.21 Å². The number of oxime groups is 1. The normalized spacial score (nSPS) is 24.3. The summed E-state index contributed by atoms with van der Waals surface area (Å²) in [5.41, 5.74) is 0. The van der Waals surface area contributed by atoms with Crippen molar-refractivity contribution < 1.29 is 14.8 Å². The third kappa shape index (κ3) is 4.24. The summed E-state index contributed by atoms with van der Waals surface area (Å²) in [6.07, 6.45) is 8.21. The van der Waals surface area contributed by atoms with Gasteiger partial charge in [-0.05, 0) is 19.3 Å². The summed E-state index contributed by atoms with van der Waals surface area (Å²) in [6.45, 7) is 2.07. The molecular formula is C14H23NO3. The largest absolute Gasteiger partial charge is 0.411 e. The zero-order valence-electron chi connectivity index (χ0n) is 11.1. The zero-order chi connectivity index (χ0) is 13.4. The van der Waals surface area contributed by atoms with Gasteiger partial charge in [0.25, 0.3) is 0 Å². The van der Waals surface area contributed by atoms with Crippen LogP contribution in [0, 0.1) is 11.8 Å². The smallest absolute Gasteiger partial charge is 0.202 e. The number of hydrogen-bond donors (Lipinski definition) is 1. The molecule has 0 heterocycles. The number of rotatable bonds is 7. The van der Waals surface area contributed by atoms with Crippen molar-refractivity contribution in [2.75, 3.05) is 0 Å². The van der Waals surface area contributed by atoms with E-state index < -0.39 is 0 Å². The van der Waals surface area contributed by atoms with Crippen LogP contribution in [0.1, 0.15) is 58.3 Å². The Morgan fingerprint density at radius 3 is 2.67 bits per heavy atom. The van der Waals surface area contributed by atoms with Gasteiger partial charge in [0.2, 0.25) is 5.78 Å². The molecule has 0 bridgehead atoms. The van der Waals surface area contributed by atoms with Gasteiger partial charge in [0, 0.05) is 24.5 Å². The van der Waals surface area contributed by atoms with Crippen molar-refractivity contribution in [1.29, 1.82) is 0 Å². The quantitative estimate of drug-likeness (QED) is 0.249. The summed E-state index contributed by atoms with van der Waals surface area (Å²) in [5.74, 6) is -0.822. The molecule has 4 heteroatoms. The highest BCUT2D eigenvalue weighted by atomic mass is 16.4. The Labute approximate surface area is 108 Å². The molecule has 1 aliphatic rings. The van der Waals surface area contributed by atoms with Crippen LogP contribution >= 0.6 is 0 Å². The highest BCUT2D eigenvalue weighted by molar-refractivity contribution is 6.38. The molecule has 0 radical (unpaired) electrons. The van der Waals surface area contributed by atoms with Gasteiger partial charge in [0.15, 0.2) is 5.78 Å². The summed E-state index contributed by atoms with van der Waals surface area (Å²) >= 11 is 0. The fourth-order valence-electron chi connectivity index (χ4n) is 2.61. The van der Waals surface area contributed by atoms with E-state index in [1.807, 2.05) is 0 Å². The average molecular weight is 253 g/mol. The second kappa shape index (κ2) is 8.01. The first kappa shape index (κ1) is 14.9. The van der Waals surface area contributed by atoms with Crippen LogP contribution in [0.3, 0.4) is 0 Å². The van der Waals surface area contributed by atoms with Gasteiger partial charge in [0.1, 0.15) is 0 Å². The van der Waals surface area contributed by atoms with E-state index in [1.54, 1.807) is 0 Å². The molecule has 1 fully saturated rings. The van der Waals surface area contributed by atoms with Gasteiger partial charge in [-0.3, -0.25) is 9.59 Å². The number of nitrogens with zero attached hydrogens (tertiary/aromatic N) is 1. The number of hydrogen-bond acceptors (Lipinski definition) is 4. The van der Waals surface area contributed by atoms with Crippen molar-refractivity contribution in [3.63, 3.8) is 0 Å². The molecule has 2 atom stereocenters. The molecular weight excluding hydrogens is 230 g/mol. The molecule has 2 unspecified atom stereocenters. The van der Waals surface area contributed by atoms with Gasteiger partial charge in [-0.25, -0.2) is 0 Å². The summed E-state index contributed by atoms with van der Waals surface area (Å²) in [6, 6.07) is 0. The van der Waals surface area contributed by atoms with Crippen LogP contribution in [-0.4, -0.2) is 23.0 Å². The van der Waals surface area contributed by atoms with Crippen LogP contribution < -0.4 is 0 Å². The molecule has 0 saturated heterocycles. The van der Waals surface area contributed by atoms with Crippen molar-refractivity contribution in [3.05, 3.63) is 0 Å². The fraction of sp³-hybridized carbons (Fsp3) is 0.786. The highest BCUT2D eigenvalue weighted by Crippen LogP contribution is 2.30. The van der Waals surface area contributed by atoms with E-state index in [-0.39, 0.29) is 23.4 Å². The molecule has 4 nitrogen and oxygen atoms in total. The Morgan fingerprint density at radius 1 is 1.28 bits per heavy atom. The monoisotopic (exact) mass is 253 g/mol. The Morgan fingerprint density at radius 2 is 2.00 bits per heavy atom. The lowest BCUT2D eigenvalue weighted by Crippen LogP contribution is -2.33. The van der Waals surface area contributed by atoms with Gasteiger partial charge in [0.05, 0.1) is 0 Å². The SMILES string of the molecule is CCCCCC(=O)C(=O)C1CCCCC1C=NO. The summed E-state index contributed by atoms with van der Waals surface area (Å²) in [4.78, 5) is 23.9. The predicted molar refractivity (Wildman–Crippen MR) is 69.9 cm³/mol. The maximum absolute atomic E-state index is 12.1. The number of carbonyl (C=O) groups excluding carboxylic acids is 2. The summed E-state index contributed by atoms with van der Waals surface area (Å²) < 4.78 is 0. The Bertz CT molecular complexity index is 312. The minimum atomic E-state index is -0.260. The lowest BCUT2D eigenvalue weighted by Gasteiger charge is -2.26. The van der Waals surface area contributed by atoms with Crippen molar-refractivity contribution in [2.24, 2.45) is 17.0 Å². The van der Waals surface area contributed by atoms with Crippen molar-refractivity contribution in [1.82, 2.24) is 0 Å². The van der Waals surface area contributed by atoms with E-state index >= 15 is 0 Å². The number of carbonyl (C=O) groups is 2. The number of unbranched alkanes of at least 4 members (excludes halogenated alkanes) is 2. The molecule has 102 valence electrons. The van der Waals surface area contributed by atoms with Crippen molar-refractivity contribution in [2.45, 2.75) is 58.3 Å². The average Bonchev–Trinajstić information content (AvgIpc) is 2.39. The maximum Gasteiger partial charge on any atom is 0.202 e. The molecule has 1 aliphatic carbocycles. The van der Waals surface area contributed by atoms with Crippen LogP contribution in [0.4, 0.5) is 0 Å². The second-order valence-electron chi connectivity index (χ2n) is 5.06. The van der Waals surface area contributed by atoms with Gasteiger partial charge >= 0.3 is 0 Å². The Balaban J connectivity index is 2.54. The minimum absolute atomic E-state index is 0.0635. The van der Waals surface area contributed by atoms with Gasteiger partial charge in [-0.1, -0.05) is 32.6 Å². The zero-order valence-corrected chi connectivity index (χ0v) is 11.1. The Kier molecular flexibility index (Phi) is 6.61. The maximum atomic E-state index is 12.1. The Hall–Kier alpha value is -1.19. The van der Waals surface area contributed by atoms with Crippen molar-refractivity contribution >= 4 is 17.8 Å². The van der Waals surface area contributed by atoms with E-state index in [0.717, 1.165) is 44.9 Å². The molecule has 0 aliphatic heterocycles. The first-order valence-corrected chi connectivity index (χ1v) is 6.95. The second-order valence-corrected chi connectivity index (χ2v) is 5.06. The van der Waals surface area contributed by atoms with Crippen LogP contribution in [0.2, 0.25) is 0 Å². The summed E-state index contributed by atoms with van der Waals surface area (Å²) in [5, 5.41) is 11.6. The van der Waals surface area contributed by atoms with E-state index in [9.17, 15) is 9.59 Å². The van der Waals surface area contributed by atoms with Crippen LogP contribution in [0.15, 0.2) is 5.16 Å². The molecule has 0 aromatic carbocycles. The standard InChI is InChI=1S/C14H23NO3/c1-2-3-4-9-13(16)14(17)12-8-6-5-7-11(12)10-15-18/h10-12,18H,2-9H2,1H3. The first-order valence-electron chi connectivity index (χ1n) is 6.95. The molecule has 0 spiro atoms. The molecule has 1 rings (SSSR count).